The van der Waals surface area contributed by atoms with Crippen LogP contribution in [0, 0.1) is 24.1 Å². The van der Waals surface area contributed by atoms with E-state index in [2.05, 4.69) is 31.4 Å². The van der Waals surface area contributed by atoms with Crippen LogP contribution in [-0.4, -0.2) is 11.8 Å². The highest BCUT2D eigenvalue weighted by Crippen LogP contribution is 2.44. The maximum absolute atomic E-state index is 13.4. The van der Waals surface area contributed by atoms with E-state index in [1.165, 1.54) is 35.6 Å². The molecule has 3 aromatic rings. The molecule has 0 bridgehead atoms. The quantitative estimate of drug-likeness (QED) is 0.443. The molecule has 172 valence electrons. The second-order valence-corrected chi connectivity index (χ2v) is 10.9. The Hall–Kier alpha value is -2.99. The van der Waals surface area contributed by atoms with Crippen LogP contribution in [0.2, 0.25) is 0 Å². The van der Waals surface area contributed by atoms with Gasteiger partial charge in [-0.3, -0.25) is 9.59 Å². The summed E-state index contributed by atoms with van der Waals surface area (Å²) < 4.78 is 13.3. The van der Waals surface area contributed by atoms with Gasteiger partial charge in [0, 0.05) is 16.1 Å². The summed E-state index contributed by atoms with van der Waals surface area (Å²) in [5.74, 6) is -0.466. The molecule has 2 aromatic carbocycles. The largest absolute Gasteiger partial charge is 0.322 e. The fourth-order valence-corrected chi connectivity index (χ4v) is 5.58. The van der Waals surface area contributed by atoms with Crippen LogP contribution in [0.3, 0.4) is 0 Å². The Morgan fingerprint density at radius 2 is 1.64 bits per heavy atom. The molecule has 0 aliphatic heterocycles. The third-order valence-electron chi connectivity index (χ3n) is 6.36. The Kier molecular flexibility index (Phi) is 6.39. The fourth-order valence-electron chi connectivity index (χ4n) is 4.26. The summed E-state index contributed by atoms with van der Waals surface area (Å²) in [6.07, 6.45) is 2.70. The van der Waals surface area contributed by atoms with Gasteiger partial charge < -0.3 is 10.6 Å². The smallest absolute Gasteiger partial charge is 0.258 e. The number of carbonyl (C=O) groups is 2. The number of benzene rings is 2. The van der Waals surface area contributed by atoms with E-state index in [0.717, 1.165) is 35.3 Å². The molecule has 4 rings (SSSR count). The summed E-state index contributed by atoms with van der Waals surface area (Å²) in [6.45, 7) is 8.74. The molecule has 33 heavy (non-hydrogen) atoms. The molecule has 4 nitrogen and oxygen atoms in total. The first-order valence-electron chi connectivity index (χ1n) is 11.2. The zero-order valence-corrected chi connectivity index (χ0v) is 20.2. The molecule has 0 unspecified atom stereocenters. The molecule has 1 aromatic heterocycles. The summed E-state index contributed by atoms with van der Waals surface area (Å²) in [6, 6.07) is 13.0. The third-order valence-corrected chi connectivity index (χ3v) is 7.53. The minimum absolute atomic E-state index is 0.170. The first-order valence-corrected chi connectivity index (χ1v) is 12.0. The molecule has 1 aliphatic rings. The number of fused-ring (bicyclic) bond motifs is 1. The van der Waals surface area contributed by atoms with Gasteiger partial charge in [0.15, 0.2) is 0 Å². The predicted octanol–water partition coefficient (Wildman–Crippen LogP) is 6.85. The first kappa shape index (κ1) is 23.2. The van der Waals surface area contributed by atoms with Gasteiger partial charge in [-0.2, -0.15) is 0 Å². The van der Waals surface area contributed by atoms with Crippen molar-refractivity contribution in [1.82, 2.24) is 0 Å². The third kappa shape index (κ3) is 5.17. The molecule has 2 N–H and O–H groups in total. The van der Waals surface area contributed by atoms with E-state index in [9.17, 15) is 14.0 Å². The highest BCUT2D eigenvalue weighted by Gasteiger charge is 2.34. The Labute approximate surface area is 198 Å². The monoisotopic (exact) mass is 464 g/mol. The fraction of sp³-hybridized carbons (Fsp3) is 0.333. The molecule has 6 heteroatoms. The maximum atomic E-state index is 13.4. The van der Waals surface area contributed by atoms with Crippen LogP contribution in [0.4, 0.5) is 15.1 Å². The van der Waals surface area contributed by atoms with Gasteiger partial charge in [-0.05, 0) is 79.5 Å². The van der Waals surface area contributed by atoms with Crippen LogP contribution in [0.1, 0.15) is 63.9 Å². The summed E-state index contributed by atoms with van der Waals surface area (Å²) >= 11 is 1.48. The Balaban J connectivity index is 1.67. The predicted molar refractivity (Wildman–Crippen MR) is 133 cm³/mol. The summed E-state index contributed by atoms with van der Waals surface area (Å²) in [4.78, 5) is 27.4. The van der Waals surface area contributed by atoms with E-state index in [1.54, 1.807) is 0 Å². The number of hydrogen-bond donors (Lipinski definition) is 2. The normalized spacial score (nSPS) is 15.6. The van der Waals surface area contributed by atoms with E-state index in [0.29, 0.717) is 27.7 Å². The number of aryl methyl sites for hydroxylation is 1. The van der Waals surface area contributed by atoms with Gasteiger partial charge >= 0.3 is 0 Å². The zero-order valence-electron chi connectivity index (χ0n) is 19.4. The second-order valence-electron chi connectivity index (χ2n) is 9.79. The van der Waals surface area contributed by atoms with Crippen molar-refractivity contribution < 1.29 is 14.0 Å². The number of rotatable bonds is 4. The summed E-state index contributed by atoms with van der Waals surface area (Å²) in [5, 5.41) is 6.47. The van der Waals surface area contributed by atoms with Crippen molar-refractivity contribution in [3.05, 3.63) is 81.5 Å². The van der Waals surface area contributed by atoms with Crippen LogP contribution < -0.4 is 10.6 Å². The van der Waals surface area contributed by atoms with Gasteiger partial charge in [0.25, 0.3) is 11.8 Å². The molecule has 2 amide bonds. The van der Waals surface area contributed by atoms with E-state index >= 15 is 0 Å². The van der Waals surface area contributed by atoms with Crippen molar-refractivity contribution in [2.45, 2.75) is 47.0 Å². The number of hydrogen-bond acceptors (Lipinski definition) is 3. The Morgan fingerprint density at radius 1 is 0.970 bits per heavy atom. The number of carbonyl (C=O) groups excluding carboxylic acids is 2. The van der Waals surface area contributed by atoms with Crippen LogP contribution >= 0.6 is 11.3 Å². The number of nitrogens with one attached hydrogen (secondary N) is 2. The highest BCUT2D eigenvalue weighted by molar-refractivity contribution is 7.17. The van der Waals surface area contributed by atoms with Crippen molar-refractivity contribution in [3.8, 4) is 0 Å². The molecule has 0 radical (unpaired) electrons. The molecule has 0 fully saturated rings. The van der Waals surface area contributed by atoms with Gasteiger partial charge in [0.1, 0.15) is 10.8 Å². The SMILES string of the molecule is Cc1ccc(NC(=O)c2c(NC(=O)c3ccc(F)cc3)sc3c2CC[C@H](C(C)(C)C)C3)cc1. The second kappa shape index (κ2) is 9.10. The minimum Gasteiger partial charge on any atom is -0.322 e. The summed E-state index contributed by atoms with van der Waals surface area (Å²) in [5.41, 5.74) is 3.91. The summed E-state index contributed by atoms with van der Waals surface area (Å²) in [7, 11) is 0. The molecular weight excluding hydrogens is 435 g/mol. The Morgan fingerprint density at radius 3 is 2.27 bits per heavy atom. The lowest BCUT2D eigenvalue weighted by Crippen LogP contribution is -2.27. The molecule has 1 atom stereocenters. The van der Waals surface area contributed by atoms with Gasteiger partial charge in [0.2, 0.25) is 0 Å². The molecular formula is C27H29FN2O2S. The van der Waals surface area contributed by atoms with Crippen LogP contribution in [-0.2, 0) is 12.8 Å². The van der Waals surface area contributed by atoms with Gasteiger partial charge in [0.05, 0.1) is 5.56 Å². The average molecular weight is 465 g/mol. The number of thiophene rings is 1. The maximum Gasteiger partial charge on any atom is 0.258 e. The molecule has 0 spiro atoms. The van der Waals surface area contributed by atoms with Crippen molar-refractivity contribution in [1.29, 1.82) is 0 Å². The molecule has 1 heterocycles. The minimum atomic E-state index is -0.399. The zero-order chi connectivity index (χ0) is 23.8. The molecule has 0 saturated carbocycles. The van der Waals surface area contributed by atoms with Gasteiger partial charge in [-0.25, -0.2) is 4.39 Å². The van der Waals surface area contributed by atoms with Crippen molar-refractivity contribution >= 4 is 33.8 Å². The lowest BCUT2D eigenvalue weighted by Gasteiger charge is -2.33. The molecule has 0 saturated heterocycles. The first-order chi connectivity index (χ1) is 15.6. The number of amides is 2. The lowest BCUT2D eigenvalue weighted by molar-refractivity contribution is 0.102. The van der Waals surface area contributed by atoms with E-state index in [1.807, 2.05) is 31.2 Å². The highest BCUT2D eigenvalue weighted by atomic mass is 32.1. The van der Waals surface area contributed by atoms with Crippen LogP contribution in [0.5, 0.6) is 0 Å². The van der Waals surface area contributed by atoms with E-state index in [-0.39, 0.29) is 17.2 Å². The van der Waals surface area contributed by atoms with E-state index < -0.39 is 5.82 Å². The number of halogens is 1. The van der Waals surface area contributed by atoms with E-state index in [4.69, 9.17) is 0 Å². The topological polar surface area (TPSA) is 58.2 Å². The van der Waals surface area contributed by atoms with Gasteiger partial charge in [-0.1, -0.05) is 38.5 Å². The van der Waals surface area contributed by atoms with Crippen LogP contribution in [0.25, 0.3) is 0 Å². The molecule has 1 aliphatic carbocycles. The average Bonchev–Trinajstić information content (AvgIpc) is 3.12. The van der Waals surface area contributed by atoms with Crippen molar-refractivity contribution in [2.75, 3.05) is 10.6 Å². The van der Waals surface area contributed by atoms with Crippen LogP contribution in [0.15, 0.2) is 48.5 Å². The van der Waals surface area contributed by atoms with Gasteiger partial charge in [-0.15, -0.1) is 11.3 Å². The van der Waals surface area contributed by atoms with Crippen molar-refractivity contribution in [3.63, 3.8) is 0 Å². The lowest BCUT2D eigenvalue weighted by atomic mass is 9.72. The Bertz CT molecular complexity index is 1170. The van der Waals surface area contributed by atoms with Crippen molar-refractivity contribution in [2.24, 2.45) is 11.3 Å². The standard InChI is InChI=1S/C27H29FN2O2S/c1-16-5-12-20(13-6-16)29-25(32)23-21-14-9-18(27(2,3)4)15-22(21)33-26(23)30-24(31)17-7-10-19(28)11-8-17/h5-8,10-13,18H,9,14-15H2,1-4H3,(H,29,32)(H,30,31)/t18-/m0/s1. The number of anilines is 2.